The largest absolute Gasteiger partial charge is 0.309 e. The van der Waals surface area contributed by atoms with E-state index in [9.17, 15) is 14.0 Å². The van der Waals surface area contributed by atoms with Crippen LogP contribution in [0.2, 0.25) is 0 Å². The molecule has 5 nitrogen and oxygen atoms in total. The van der Waals surface area contributed by atoms with Crippen molar-refractivity contribution in [1.82, 2.24) is 10.2 Å². The van der Waals surface area contributed by atoms with Crippen molar-refractivity contribution in [3.63, 3.8) is 0 Å². The maximum absolute atomic E-state index is 14.0. The van der Waals surface area contributed by atoms with Crippen molar-refractivity contribution < 1.29 is 9.18 Å². The SMILES string of the molecule is O=C1CCN1c1cc(CCc2n[nH]c(=O)c3c2CCCC3)ccc1F. The number of benzene rings is 1. The van der Waals surface area contributed by atoms with Gasteiger partial charge >= 0.3 is 0 Å². The van der Waals surface area contributed by atoms with E-state index < -0.39 is 0 Å². The van der Waals surface area contributed by atoms with Crippen LogP contribution in [0.1, 0.15) is 41.6 Å². The average Bonchev–Trinajstić information content (AvgIpc) is 2.62. The van der Waals surface area contributed by atoms with Crippen molar-refractivity contribution in [2.24, 2.45) is 0 Å². The molecule has 1 amide bonds. The molecule has 2 aromatic rings. The van der Waals surface area contributed by atoms with Crippen molar-refractivity contribution in [1.29, 1.82) is 0 Å². The first-order valence-electron chi connectivity index (χ1n) is 8.81. The zero-order chi connectivity index (χ0) is 17.4. The molecule has 1 aromatic carbocycles. The summed E-state index contributed by atoms with van der Waals surface area (Å²) in [6.07, 6.45) is 5.72. The highest BCUT2D eigenvalue weighted by molar-refractivity contribution is 5.99. The minimum absolute atomic E-state index is 0.0348. The number of aromatic amines is 1. The molecular formula is C19H20FN3O2. The fourth-order valence-corrected chi connectivity index (χ4v) is 3.69. The summed E-state index contributed by atoms with van der Waals surface area (Å²) in [5, 5.41) is 6.85. The van der Waals surface area contributed by atoms with E-state index in [1.54, 1.807) is 12.1 Å². The molecule has 1 saturated heterocycles. The van der Waals surface area contributed by atoms with Gasteiger partial charge in [0, 0.05) is 18.5 Å². The van der Waals surface area contributed by atoms with Gasteiger partial charge in [-0.3, -0.25) is 9.59 Å². The summed E-state index contributed by atoms with van der Waals surface area (Å²) in [4.78, 5) is 25.0. The summed E-state index contributed by atoms with van der Waals surface area (Å²) in [7, 11) is 0. The molecule has 0 radical (unpaired) electrons. The van der Waals surface area contributed by atoms with E-state index >= 15 is 0 Å². The first-order chi connectivity index (χ1) is 12.1. The molecule has 0 spiro atoms. The Morgan fingerprint density at radius 1 is 1.08 bits per heavy atom. The average molecular weight is 341 g/mol. The Kier molecular flexibility index (Phi) is 4.11. The zero-order valence-corrected chi connectivity index (χ0v) is 14.0. The number of halogens is 1. The van der Waals surface area contributed by atoms with Gasteiger partial charge in [0.1, 0.15) is 5.82 Å². The maximum Gasteiger partial charge on any atom is 0.267 e. The lowest BCUT2D eigenvalue weighted by Crippen LogP contribution is -2.43. The number of β-lactam (4-membered cyclic amide) rings is 1. The van der Waals surface area contributed by atoms with E-state index in [0.29, 0.717) is 31.5 Å². The smallest absolute Gasteiger partial charge is 0.267 e. The highest BCUT2D eigenvalue weighted by Gasteiger charge is 2.27. The number of H-pyrrole nitrogens is 1. The fraction of sp³-hybridized carbons (Fsp3) is 0.421. The quantitative estimate of drug-likeness (QED) is 0.868. The second-order valence-corrected chi connectivity index (χ2v) is 6.74. The number of amides is 1. The summed E-state index contributed by atoms with van der Waals surface area (Å²) in [6.45, 7) is 0.578. The molecule has 6 heteroatoms. The van der Waals surface area contributed by atoms with Gasteiger partial charge in [-0.25, -0.2) is 9.49 Å². The van der Waals surface area contributed by atoms with Gasteiger partial charge in [0.05, 0.1) is 11.4 Å². The van der Waals surface area contributed by atoms with Crippen LogP contribution in [0.25, 0.3) is 0 Å². The molecule has 1 aromatic heterocycles. The Balaban J connectivity index is 1.55. The zero-order valence-electron chi connectivity index (χ0n) is 14.0. The number of hydrogen-bond acceptors (Lipinski definition) is 3. The highest BCUT2D eigenvalue weighted by Crippen LogP contribution is 2.27. The molecule has 0 bridgehead atoms. The van der Waals surface area contributed by atoms with Gasteiger partial charge in [-0.05, 0) is 61.8 Å². The number of anilines is 1. The second kappa shape index (κ2) is 6.43. The molecule has 2 aliphatic rings. The Hall–Kier alpha value is -2.50. The van der Waals surface area contributed by atoms with E-state index in [4.69, 9.17) is 0 Å². The van der Waals surface area contributed by atoms with E-state index in [-0.39, 0.29) is 17.3 Å². The Morgan fingerprint density at radius 2 is 1.88 bits per heavy atom. The van der Waals surface area contributed by atoms with Gasteiger partial charge in [0.25, 0.3) is 5.56 Å². The van der Waals surface area contributed by atoms with Gasteiger partial charge in [0.2, 0.25) is 5.91 Å². The molecule has 0 saturated carbocycles. The number of aromatic nitrogens is 2. The van der Waals surface area contributed by atoms with Gasteiger partial charge in [-0.1, -0.05) is 6.07 Å². The predicted octanol–water partition coefficient (Wildman–Crippen LogP) is 2.31. The topological polar surface area (TPSA) is 66.1 Å². The first-order valence-corrected chi connectivity index (χ1v) is 8.81. The van der Waals surface area contributed by atoms with Crippen LogP contribution < -0.4 is 10.5 Å². The number of nitrogens with zero attached hydrogens (tertiary/aromatic N) is 2. The maximum atomic E-state index is 14.0. The van der Waals surface area contributed by atoms with E-state index in [2.05, 4.69) is 10.2 Å². The van der Waals surface area contributed by atoms with Crippen LogP contribution in [0.15, 0.2) is 23.0 Å². The van der Waals surface area contributed by atoms with Crippen LogP contribution >= 0.6 is 0 Å². The minimum Gasteiger partial charge on any atom is -0.309 e. The molecule has 4 rings (SSSR count). The van der Waals surface area contributed by atoms with Crippen molar-refractivity contribution in [2.45, 2.75) is 44.9 Å². The van der Waals surface area contributed by atoms with Crippen molar-refractivity contribution >= 4 is 11.6 Å². The van der Waals surface area contributed by atoms with Gasteiger partial charge < -0.3 is 4.90 Å². The number of nitrogens with one attached hydrogen (secondary N) is 1. The van der Waals surface area contributed by atoms with Crippen molar-refractivity contribution in [3.8, 4) is 0 Å². The van der Waals surface area contributed by atoms with Crippen molar-refractivity contribution in [2.75, 3.05) is 11.4 Å². The summed E-state index contributed by atoms with van der Waals surface area (Å²) < 4.78 is 14.0. The number of aryl methyl sites for hydroxylation is 2. The third-order valence-corrected chi connectivity index (χ3v) is 5.18. The Morgan fingerprint density at radius 3 is 2.60 bits per heavy atom. The Bertz CT molecular complexity index is 891. The van der Waals surface area contributed by atoms with Crippen molar-refractivity contribution in [3.05, 3.63) is 56.8 Å². The summed E-state index contributed by atoms with van der Waals surface area (Å²) >= 11 is 0. The van der Waals surface area contributed by atoms with Gasteiger partial charge in [-0.15, -0.1) is 0 Å². The standard InChI is InChI=1S/C19H20FN3O2/c20-15-7-5-12(11-17(15)23-10-9-18(23)24)6-8-16-13-3-1-2-4-14(13)19(25)22-21-16/h5,7,11H,1-4,6,8-10H2,(H,22,25). The van der Waals surface area contributed by atoms with Gasteiger partial charge in [0.15, 0.2) is 0 Å². The highest BCUT2D eigenvalue weighted by atomic mass is 19.1. The van der Waals surface area contributed by atoms with E-state index in [0.717, 1.165) is 48.1 Å². The summed E-state index contributed by atoms with van der Waals surface area (Å²) in [6, 6.07) is 4.93. The fourth-order valence-electron chi connectivity index (χ4n) is 3.69. The van der Waals surface area contributed by atoms with E-state index in [1.807, 2.05) is 0 Å². The van der Waals surface area contributed by atoms with Crippen LogP contribution in [0.5, 0.6) is 0 Å². The molecular weight excluding hydrogens is 321 g/mol. The normalized spacial score (nSPS) is 16.5. The summed E-state index contributed by atoms with van der Waals surface area (Å²) in [5.41, 5.74) is 4.16. The van der Waals surface area contributed by atoms with E-state index in [1.165, 1.54) is 11.0 Å². The second-order valence-electron chi connectivity index (χ2n) is 6.74. The third kappa shape index (κ3) is 2.97. The monoisotopic (exact) mass is 341 g/mol. The van der Waals surface area contributed by atoms with Crippen LogP contribution in [-0.2, 0) is 30.5 Å². The minimum atomic E-state index is -0.364. The molecule has 1 N–H and O–H groups in total. The molecule has 1 aliphatic carbocycles. The first kappa shape index (κ1) is 16.0. The predicted molar refractivity (Wildman–Crippen MR) is 92.3 cm³/mol. The lowest BCUT2D eigenvalue weighted by atomic mass is 9.90. The lowest BCUT2D eigenvalue weighted by molar-refractivity contribution is -0.122. The van der Waals surface area contributed by atoms with Crippen LogP contribution in [-0.4, -0.2) is 22.6 Å². The number of hydrogen-bond donors (Lipinski definition) is 1. The Labute approximate surface area is 144 Å². The molecule has 1 aliphatic heterocycles. The number of rotatable bonds is 4. The number of fused-ring (bicyclic) bond motifs is 1. The van der Waals surface area contributed by atoms with Crippen LogP contribution in [0, 0.1) is 5.82 Å². The molecule has 0 atom stereocenters. The molecule has 2 heterocycles. The van der Waals surface area contributed by atoms with Gasteiger partial charge in [-0.2, -0.15) is 5.10 Å². The number of carbonyl (C=O) groups is 1. The lowest BCUT2D eigenvalue weighted by Gasteiger charge is -2.31. The number of carbonyl (C=O) groups excluding carboxylic acids is 1. The third-order valence-electron chi connectivity index (χ3n) is 5.18. The summed E-state index contributed by atoms with van der Waals surface area (Å²) in [5.74, 6) is -0.399. The molecule has 0 unspecified atom stereocenters. The molecule has 1 fully saturated rings. The van der Waals surface area contributed by atoms with Crippen LogP contribution in [0.3, 0.4) is 0 Å². The molecule has 25 heavy (non-hydrogen) atoms. The molecule has 130 valence electrons. The van der Waals surface area contributed by atoms with Crippen LogP contribution in [0.4, 0.5) is 10.1 Å².